The van der Waals surface area contributed by atoms with Gasteiger partial charge in [-0.3, -0.25) is 9.59 Å². The Labute approximate surface area is 297 Å². The molecule has 1 atom stereocenters. The molecule has 1 N–H and O–H groups in total. The van der Waals surface area contributed by atoms with Gasteiger partial charge in [0.2, 0.25) is 0 Å². The van der Waals surface area contributed by atoms with E-state index in [1.54, 1.807) is 0 Å². The number of aliphatic hydroxyl groups is 1. The molecule has 0 rings (SSSR count). The largest absolute Gasteiger partial charge is 0.462 e. The lowest BCUT2D eigenvalue weighted by Crippen LogP contribution is -2.28. The first-order valence-corrected chi connectivity index (χ1v) is 20.5. The second-order valence-electron chi connectivity index (χ2n) is 13.7. The van der Waals surface area contributed by atoms with Crippen LogP contribution in [0.15, 0.2) is 36.5 Å². The Hall–Kier alpha value is -1.88. The lowest BCUT2D eigenvalue weighted by Gasteiger charge is -2.15. The highest BCUT2D eigenvalue weighted by molar-refractivity contribution is 5.70. The van der Waals surface area contributed by atoms with Crippen LogP contribution in [0.1, 0.15) is 206 Å². The minimum Gasteiger partial charge on any atom is -0.462 e. The SMILES string of the molecule is CC/C=C/C/C=C/C/C=C/CCCCCCCC(=O)OC[C@H](CO)OC(=O)CCCCCCCCCCCCCCCCCCCCC. The summed E-state index contributed by atoms with van der Waals surface area (Å²) < 4.78 is 10.6. The van der Waals surface area contributed by atoms with Crippen molar-refractivity contribution in [1.82, 2.24) is 0 Å². The van der Waals surface area contributed by atoms with E-state index < -0.39 is 6.10 Å². The first-order valence-electron chi connectivity index (χ1n) is 20.5. The number of carbonyl (C=O) groups is 2. The molecule has 0 aromatic rings. The van der Waals surface area contributed by atoms with Crippen LogP contribution < -0.4 is 0 Å². The zero-order chi connectivity index (χ0) is 35.0. The van der Waals surface area contributed by atoms with E-state index in [0.29, 0.717) is 12.8 Å². The van der Waals surface area contributed by atoms with Crippen LogP contribution in [0.5, 0.6) is 0 Å². The van der Waals surface area contributed by atoms with Crippen molar-refractivity contribution in [2.24, 2.45) is 0 Å². The van der Waals surface area contributed by atoms with E-state index in [1.165, 1.54) is 116 Å². The second kappa shape index (κ2) is 39.6. The van der Waals surface area contributed by atoms with Gasteiger partial charge in [0.15, 0.2) is 6.10 Å². The van der Waals surface area contributed by atoms with Crippen LogP contribution in [-0.2, 0) is 19.1 Å². The molecule has 0 aliphatic carbocycles. The van der Waals surface area contributed by atoms with Gasteiger partial charge < -0.3 is 14.6 Å². The summed E-state index contributed by atoms with van der Waals surface area (Å²) in [6, 6.07) is 0. The van der Waals surface area contributed by atoms with Crippen LogP contribution in [0.2, 0.25) is 0 Å². The van der Waals surface area contributed by atoms with Gasteiger partial charge >= 0.3 is 11.9 Å². The minimum atomic E-state index is -0.775. The summed E-state index contributed by atoms with van der Waals surface area (Å²) in [5.41, 5.74) is 0. The average Bonchev–Trinajstić information content (AvgIpc) is 3.09. The maximum atomic E-state index is 12.2. The molecule has 0 aliphatic rings. The molecule has 0 saturated heterocycles. The van der Waals surface area contributed by atoms with E-state index in [-0.39, 0.29) is 25.2 Å². The van der Waals surface area contributed by atoms with Crippen molar-refractivity contribution in [2.45, 2.75) is 213 Å². The van der Waals surface area contributed by atoms with E-state index >= 15 is 0 Å². The number of hydrogen-bond donors (Lipinski definition) is 1. The molecule has 0 radical (unpaired) electrons. The standard InChI is InChI=1S/C43H78O5/c1-3-5-7-9-11-13-15-17-19-20-21-22-24-26-28-30-32-34-36-38-43(46)48-41(39-44)40-47-42(45)37-35-33-31-29-27-25-23-18-16-14-12-10-8-6-4-2/h6,8,12,14,18,23,41,44H,3-5,7,9-11,13,15-17,19-22,24-40H2,1-2H3/b8-6+,14-12+,23-18+/t41-/m0/s1. The first-order chi connectivity index (χ1) is 23.6. The molecular weight excluding hydrogens is 596 g/mol. The highest BCUT2D eigenvalue weighted by Gasteiger charge is 2.16. The summed E-state index contributed by atoms with van der Waals surface area (Å²) in [7, 11) is 0. The fraction of sp³-hybridized carbons (Fsp3) is 0.814. The third-order valence-corrected chi connectivity index (χ3v) is 8.95. The molecular formula is C43H78O5. The monoisotopic (exact) mass is 675 g/mol. The van der Waals surface area contributed by atoms with Crippen LogP contribution >= 0.6 is 0 Å². The lowest BCUT2D eigenvalue weighted by atomic mass is 10.0. The second-order valence-corrected chi connectivity index (χ2v) is 13.7. The van der Waals surface area contributed by atoms with Crippen molar-refractivity contribution < 1.29 is 24.2 Å². The third kappa shape index (κ3) is 36.9. The Morgan fingerprint density at radius 1 is 0.500 bits per heavy atom. The molecule has 48 heavy (non-hydrogen) atoms. The van der Waals surface area contributed by atoms with Crippen LogP contribution in [0, 0.1) is 0 Å². The highest BCUT2D eigenvalue weighted by atomic mass is 16.6. The molecule has 0 aromatic heterocycles. The topological polar surface area (TPSA) is 72.8 Å². The van der Waals surface area contributed by atoms with Gasteiger partial charge in [-0.05, 0) is 44.9 Å². The first kappa shape index (κ1) is 46.1. The van der Waals surface area contributed by atoms with Gasteiger partial charge in [-0.15, -0.1) is 0 Å². The van der Waals surface area contributed by atoms with Gasteiger partial charge in [0.1, 0.15) is 6.61 Å². The molecule has 0 saturated carbocycles. The molecule has 5 heteroatoms. The normalized spacial score (nSPS) is 12.5. The van der Waals surface area contributed by atoms with Crippen molar-refractivity contribution in [2.75, 3.05) is 13.2 Å². The van der Waals surface area contributed by atoms with Crippen molar-refractivity contribution in [3.63, 3.8) is 0 Å². The fourth-order valence-electron chi connectivity index (χ4n) is 5.86. The Morgan fingerprint density at radius 3 is 1.35 bits per heavy atom. The number of esters is 2. The van der Waals surface area contributed by atoms with E-state index in [1.807, 2.05) is 0 Å². The Kier molecular flexibility index (Phi) is 38.0. The van der Waals surface area contributed by atoms with E-state index in [9.17, 15) is 14.7 Å². The van der Waals surface area contributed by atoms with Crippen molar-refractivity contribution in [3.8, 4) is 0 Å². The number of hydrogen-bond acceptors (Lipinski definition) is 5. The lowest BCUT2D eigenvalue weighted by molar-refractivity contribution is -0.161. The Bertz CT molecular complexity index is 771. The smallest absolute Gasteiger partial charge is 0.306 e. The third-order valence-electron chi connectivity index (χ3n) is 8.95. The predicted octanol–water partition coefficient (Wildman–Crippen LogP) is 12.8. The molecule has 0 heterocycles. The van der Waals surface area contributed by atoms with Gasteiger partial charge in [-0.1, -0.05) is 185 Å². The Morgan fingerprint density at radius 2 is 0.896 bits per heavy atom. The van der Waals surface area contributed by atoms with E-state index in [0.717, 1.165) is 64.2 Å². The van der Waals surface area contributed by atoms with Gasteiger partial charge in [0.05, 0.1) is 6.61 Å². The molecule has 280 valence electrons. The molecule has 0 unspecified atom stereocenters. The zero-order valence-electron chi connectivity index (χ0n) is 31.7. The molecule has 0 aliphatic heterocycles. The van der Waals surface area contributed by atoms with Crippen molar-refractivity contribution >= 4 is 11.9 Å². The van der Waals surface area contributed by atoms with E-state index in [4.69, 9.17) is 9.47 Å². The van der Waals surface area contributed by atoms with Crippen LogP contribution in [0.25, 0.3) is 0 Å². The number of unbranched alkanes of at least 4 members (excludes halogenated alkanes) is 23. The number of carbonyl (C=O) groups excluding carboxylic acids is 2. The maximum Gasteiger partial charge on any atom is 0.306 e. The van der Waals surface area contributed by atoms with E-state index in [2.05, 4.69) is 50.3 Å². The summed E-state index contributed by atoms with van der Waals surface area (Å²) in [6.45, 7) is 4.02. The van der Waals surface area contributed by atoms with Crippen molar-refractivity contribution in [1.29, 1.82) is 0 Å². The highest BCUT2D eigenvalue weighted by Crippen LogP contribution is 2.15. The summed E-state index contributed by atoms with van der Waals surface area (Å²) in [5.74, 6) is -0.604. The van der Waals surface area contributed by atoms with Gasteiger partial charge in [-0.2, -0.15) is 0 Å². The number of allylic oxidation sites excluding steroid dienone is 6. The van der Waals surface area contributed by atoms with Crippen molar-refractivity contribution in [3.05, 3.63) is 36.5 Å². The number of aliphatic hydroxyl groups excluding tert-OH is 1. The van der Waals surface area contributed by atoms with Crippen LogP contribution in [-0.4, -0.2) is 36.4 Å². The van der Waals surface area contributed by atoms with Crippen LogP contribution in [0.4, 0.5) is 0 Å². The summed E-state index contributed by atoms with van der Waals surface area (Å²) in [4.78, 5) is 24.3. The van der Waals surface area contributed by atoms with Crippen LogP contribution in [0.3, 0.4) is 0 Å². The number of rotatable bonds is 37. The quantitative estimate of drug-likeness (QED) is 0.0403. The average molecular weight is 675 g/mol. The predicted molar refractivity (Wildman–Crippen MR) is 205 cm³/mol. The van der Waals surface area contributed by atoms with Gasteiger partial charge in [0.25, 0.3) is 0 Å². The molecule has 0 bridgehead atoms. The van der Waals surface area contributed by atoms with Gasteiger partial charge in [-0.25, -0.2) is 0 Å². The molecule has 0 amide bonds. The zero-order valence-corrected chi connectivity index (χ0v) is 31.7. The molecule has 0 aromatic carbocycles. The Balaban J connectivity index is 3.53. The molecule has 0 fully saturated rings. The molecule has 0 spiro atoms. The fourth-order valence-corrected chi connectivity index (χ4v) is 5.86. The summed E-state index contributed by atoms with van der Waals surface area (Å²) in [6.07, 6.45) is 47.8. The minimum absolute atomic E-state index is 0.0722. The summed E-state index contributed by atoms with van der Waals surface area (Å²) in [5, 5.41) is 9.56. The number of ether oxygens (including phenoxy) is 2. The summed E-state index contributed by atoms with van der Waals surface area (Å²) >= 11 is 0. The van der Waals surface area contributed by atoms with Gasteiger partial charge in [0, 0.05) is 12.8 Å². The molecule has 5 nitrogen and oxygen atoms in total. The maximum absolute atomic E-state index is 12.2.